The number of rotatable bonds is 4. The van der Waals surface area contributed by atoms with E-state index < -0.39 is 17.8 Å². The Balaban J connectivity index is 1.62. The van der Waals surface area contributed by atoms with Crippen molar-refractivity contribution >= 4 is 17.0 Å². The number of nitrogens with two attached hydrogens (primary N) is 1. The third-order valence-corrected chi connectivity index (χ3v) is 5.40. The van der Waals surface area contributed by atoms with Crippen molar-refractivity contribution in [2.24, 2.45) is 0 Å². The molecule has 0 bridgehead atoms. The molecule has 0 radical (unpaired) electrons. The summed E-state index contributed by atoms with van der Waals surface area (Å²) in [5.41, 5.74) is 7.46. The van der Waals surface area contributed by atoms with Gasteiger partial charge in [-0.05, 0) is 74.2 Å². The Kier molecular flexibility index (Phi) is 5.08. The molecule has 4 rings (SSSR count). The molecule has 1 aliphatic heterocycles. The van der Waals surface area contributed by atoms with Crippen LogP contribution in [0.15, 0.2) is 36.8 Å². The van der Waals surface area contributed by atoms with Crippen LogP contribution in [-0.4, -0.2) is 27.7 Å². The third kappa shape index (κ3) is 4.14. The first-order valence-corrected chi connectivity index (χ1v) is 9.59. The molecule has 4 N–H and O–H groups in total. The predicted molar refractivity (Wildman–Crippen MR) is 106 cm³/mol. The fraction of sp³-hybridized carbons (Fsp3) is 0.400. The second-order valence-corrected chi connectivity index (χ2v) is 7.49. The van der Waals surface area contributed by atoms with Crippen LogP contribution in [0.4, 0.5) is 24.7 Å². The Labute approximate surface area is 166 Å². The van der Waals surface area contributed by atoms with Crippen LogP contribution < -0.4 is 16.4 Å². The SMILES string of the molecule is C[C@@H](Nc1ncnn2cc(C3CCNCC3)cc12)c1cc(N)cc(C(F)(F)F)c1. The van der Waals surface area contributed by atoms with Crippen molar-refractivity contribution in [1.29, 1.82) is 0 Å². The second-order valence-electron chi connectivity index (χ2n) is 7.49. The molecule has 1 fully saturated rings. The summed E-state index contributed by atoms with van der Waals surface area (Å²) in [4.78, 5) is 4.32. The van der Waals surface area contributed by atoms with E-state index in [1.165, 1.54) is 11.9 Å². The quantitative estimate of drug-likeness (QED) is 0.574. The van der Waals surface area contributed by atoms with Gasteiger partial charge in [-0.2, -0.15) is 18.3 Å². The number of nitrogens with one attached hydrogen (secondary N) is 2. The maximum Gasteiger partial charge on any atom is 0.416 e. The summed E-state index contributed by atoms with van der Waals surface area (Å²) in [5, 5.41) is 10.9. The summed E-state index contributed by atoms with van der Waals surface area (Å²) in [6, 6.07) is 5.24. The summed E-state index contributed by atoms with van der Waals surface area (Å²) in [7, 11) is 0. The molecule has 0 unspecified atom stereocenters. The topological polar surface area (TPSA) is 80.3 Å². The molecule has 6 nitrogen and oxygen atoms in total. The maximum atomic E-state index is 13.1. The molecule has 3 aromatic rings. The highest BCUT2D eigenvalue weighted by molar-refractivity contribution is 5.69. The van der Waals surface area contributed by atoms with Crippen LogP contribution in [0.3, 0.4) is 0 Å². The Morgan fingerprint density at radius 3 is 2.69 bits per heavy atom. The van der Waals surface area contributed by atoms with E-state index in [0.29, 0.717) is 17.3 Å². The van der Waals surface area contributed by atoms with Crippen LogP contribution >= 0.6 is 0 Å². The van der Waals surface area contributed by atoms with Crippen LogP contribution in [0.25, 0.3) is 5.52 Å². The Morgan fingerprint density at radius 2 is 1.97 bits per heavy atom. The van der Waals surface area contributed by atoms with Crippen molar-refractivity contribution in [2.75, 3.05) is 24.1 Å². The highest BCUT2D eigenvalue weighted by Gasteiger charge is 2.31. The summed E-state index contributed by atoms with van der Waals surface area (Å²) >= 11 is 0. The minimum Gasteiger partial charge on any atom is -0.399 e. The van der Waals surface area contributed by atoms with Gasteiger partial charge in [-0.15, -0.1) is 0 Å². The number of hydrogen-bond donors (Lipinski definition) is 3. The van der Waals surface area contributed by atoms with E-state index in [1.807, 2.05) is 6.20 Å². The summed E-state index contributed by atoms with van der Waals surface area (Å²) < 4.78 is 41.1. The Morgan fingerprint density at radius 1 is 1.21 bits per heavy atom. The average molecular weight is 404 g/mol. The molecule has 154 valence electrons. The number of nitrogens with zero attached hydrogens (tertiary/aromatic N) is 3. The van der Waals surface area contributed by atoms with E-state index in [4.69, 9.17) is 5.73 Å². The van der Waals surface area contributed by atoms with Gasteiger partial charge in [-0.3, -0.25) is 0 Å². The van der Waals surface area contributed by atoms with Gasteiger partial charge in [0.15, 0.2) is 5.82 Å². The van der Waals surface area contributed by atoms with Crippen molar-refractivity contribution < 1.29 is 13.2 Å². The maximum absolute atomic E-state index is 13.1. The molecule has 1 aliphatic rings. The molecule has 1 atom stereocenters. The number of fused-ring (bicyclic) bond motifs is 1. The third-order valence-electron chi connectivity index (χ3n) is 5.40. The standard InChI is InChI=1S/C20H23F3N6/c1-12(14-6-16(20(21,22)23)9-17(24)7-14)28-19-18-8-15(10-29(18)27-11-26-19)13-2-4-25-5-3-13/h6-13,25H,2-5,24H2,1H3,(H,26,27,28)/t12-/m1/s1. The molecule has 3 heterocycles. The summed E-state index contributed by atoms with van der Waals surface area (Å²) in [6.07, 6.45) is 1.12. The van der Waals surface area contributed by atoms with Gasteiger partial charge in [0.2, 0.25) is 0 Å². The number of halogens is 3. The van der Waals surface area contributed by atoms with E-state index in [1.54, 1.807) is 17.5 Å². The predicted octanol–water partition coefficient (Wildman–Crippen LogP) is 3.97. The number of alkyl halides is 3. The lowest BCUT2D eigenvalue weighted by Crippen LogP contribution is -2.26. The number of piperidine rings is 1. The zero-order valence-electron chi connectivity index (χ0n) is 16.0. The largest absolute Gasteiger partial charge is 0.416 e. The van der Waals surface area contributed by atoms with E-state index in [2.05, 4.69) is 26.8 Å². The molecule has 29 heavy (non-hydrogen) atoms. The second kappa shape index (κ2) is 7.55. The number of nitrogen functional groups attached to an aromatic ring is 1. The highest BCUT2D eigenvalue weighted by atomic mass is 19.4. The lowest BCUT2D eigenvalue weighted by atomic mass is 9.92. The van der Waals surface area contributed by atoms with E-state index in [-0.39, 0.29) is 5.69 Å². The smallest absolute Gasteiger partial charge is 0.399 e. The van der Waals surface area contributed by atoms with E-state index in [0.717, 1.165) is 43.6 Å². The minimum atomic E-state index is -4.45. The first kappa shape index (κ1) is 19.5. The first-order chi connectivity index (χ1) is 13.8. The molecule has 0 saturated carbocycles. The number of benzene rings is 1. The molecular formula is C20H23F3N6. The van der Waals surface area contributed by atoms with E-state index in [9.17, 15) is 13.2 Å². The molecule has 0 spiro atoms. The normalized spacial score (nSPS) is 16.8. The summed E-state index contributed by atoms with van der Waals surface area (Å²) in [5.74, 6) is 1.04. The van der Waals surface area contributed by atoms with Crippen LogP contribution in [0.2, 0.25) is 0 Å². The lowest BCUT2D eigenvalue weighted by Gasteiger charge is -2.21. The summed E-state index contributed by atoms with van der Waals surface area (Å²) in [6.45, 7) is 3.76. The molecular weight excluding hydrogens is 381 g/mol. The molecule has 0 amide bonds. The zero-order chi connectivity index (χ0) is 20.6. The van der Waals surface area contributed by atoms with Gasteiger partial charge in [0, 0.05) is 11.9 Å². The molecule has 1 saturated heterocycles. The van der Waals surface area contributed by atoms with Gasteiger partial charge in [-0.1, -0.05) is 0 Å². The van der Waals surface area contributed by atoms with E-state index >= 15 is 0 Å². The lowest BCUT2D eigenvalue weighted by molar-refractivity contribution is -0.137. The van der Waals surface area contributed by atoms with Crippen LogP contribution in [0.1, 0.15) is 48.4 Å². The van der Waals surface area contributed by atoms with Crippen LogP contribution in [0, 0.1) is 0 Å². The van der Waals surface area contributed by atoms with Crippen molar-refractivity contribution in [3.63, 3.8) is 0 Å². The van der Waals surface area contributed by atoms with Crippen molar-refractivity contribution in [3.8, 4) is 0 Å². The molecule has 2 aromatic heterocycles. The molecule has 0 aliphatic carbocycles. The Bertz CT molecular complexity index is 1010. The number of hydrogen-bond acceptors (Lipinski definition) is 5. The minimum absolute atomic E-state index is 0.0761. The Hall–Kier alpha value is -2.81. The van der Waals surface area contributed by atoms with Gasteiger partial charge >= 0.3 is 6.18 Å². The van der Waals surface area contributed by atoms with Crippen LogP contribution in [-0.2, 0) is 6.18 Å². The van der Waals surface area contributed by atoms with Gasteiger partial charge < -0.3 is 16.4 Å². The van der Waals surface area contributed by atoms with Crippen molar-refractivity contribution in [3.05, 3.63) is 53.5 Å². The molecule has 1 aromatic carbocycles. The number of aromatic nitrogens is 3. The highest BCUT2D eigenvalue weighted by Crippen LogP contribution is 2.34. The average Bonchev–Trinajstić information content (AvgIpc) is 3.13. The van der Waals surface area contributed by atoms with Gasteiger partial charge in [-0.25, -0.2) is 9.50 Å². The number of anilines is 2. The fourth-order valence-corrected chi connectivity index (χ4v) is 3.82. The monoisotopic (exact) mass is 404 g/mol. The fourth-order valence-electron chi connectivity index (χ4n) is 3.82. The van der Waals surface area contributed by atoms with Crippen molar-refractivity contribution in [1.82, 2.24) is 19.9 Å². The zero-order valence-corrected chi connectivity index (χ0v) is 16.0. The molecule has 9 heteroatoms. The van der Waals surface area contributed by atoms with Gasteiger partial charge in [0.25, 0.3) is 0 Å². The van der Waals surface area contributed by atoms with Crippen molar-refractivity contribution in [2.45, 2.75) is 37.9 Å². The van der Waals surface area contributed by atoms with Crippen LogP contribution in [0.5, 0.6) is 0 Å². The van der Waals surface area contributed by atoms with Gasteiger partial charge in [0.05, 0.1) is 11.6 Å². The first-order valence-electron chi connectivity index (χ1n) is 9.59. The van der Waals surface area contributed by atoms with Gasteiger partial charge in [0.1, 0.15) is 11.8 Å².